The third-order valence-electron chi connectivity index (χ3n) is 3.57. The predicted molar refractivity (Wildman–Crippen MR) is 84.9 cm³/mol. The molecule has 0 aliphatic rings. The Labute approximate surface area is 119 Å². The van der Waals surface area contributed by atoms with Crippen LogP contribution < -0.4 is 10.6 Å². The molecule has 1 rings (SSSR count). The van der Waals surface area contributed by atoms with Crippen molar-refractivity contribution >= 4 is 0 Å². The van der Waals surface area contributed by atoms with Crippen LogP contribution in [0.25, 0.3) is 0 Å². The number of aryl methyl sites for hydroxylation is 1. The van der Waals surface area contributed by atoms with Crippen LogP contribution in [0.5, 0.6) is 0 Å². The highest BCUT2D eigenvalue weighted by Gasteiger charge is 2.19. The molecule has 2 N–H and O–H groups in total. The van der Waals surface area contributed by atoms with Crippen LogP contribution >= 0.6 is 0 Å². The molecule has 0 amide bonds. The zero-order valence-electron chi connectivity index (χ0n) is 13.1. The van der Waals surface area contributed by atoms with Gasteiger partial charge in [0.1, 0.15) is 0 Å². The summed E-state index contributed by atoms with van der Waals surface area (Å²) in [6.45, 7) is 13.1. The first kappa shape index (κ1) is 16.2. The van der Waals surface area contributed by atoms with Gasteiger partial charge in [-0.2, -0.15) is 0 Å². The SMILES string of the molecule is CCCc1ccc(C(C)(C)CNCCNCC)cc1. The molecule has 19 heavy (non-hydrogen) atoms. The maximum Gasteiger partial charge on any atom is 0.00770 e. The first-order valence-corrected chi connectivity index (χ1v) is 7.61. The van der Waals surface area contributed by atoms with Crippen LogP contribution in [0.3, 0.4) is 0 Å². The van der Waals surface area contributed by atoms with Crippen molar-refractivity contribution in [3.05, 3.63) is 35.4 Å². The van der Waals surface area contributed by atoms with E-state index in [1.807, 2.05) is 0 Å². The molecule has 1 aromatic rings. The summed E-state index contributed by atoms with van der Waals surface area (Å²) < 4.78 is 0. The second kappa shape index (κ2) is 8.34. The van der Waals surface area contributed by atoms with E-state index in [0.29, 0.717) is 0 Å². The van der Waals surface area contributed by atoms with Gasteiger partial charge in [-0.3, -0.25) is 0 Å². The van der Waals surface area contributed by atoms with Crippen molar-refractivity contribution < 1.29 is 0 Å². The molecule has 0 radical (unpaired) electrons. The quantitative estimate of drug-likeness (QED) is 0.668. The minimum absolute atomic E-state index is 0.191. The Kier molecular flexibility index (Phi) is 7.11. The van der Waals surface area contributed by atoms with Crippen LogP contribution in [-0.4, -0.2) is 26.2 Å². The maximum atomic E-state index is 3.54. The van der Waals surface area contributed by atoms with E-state index in [4.69, 9.17) is 0 Å². The van der Waals surface area contributed by atoms with Crippen LogP contribution in [0.4, 0.5) is 0 Å². The first-order chi connectivity index (χ1) is 9.10. The molecule has 1 aromatic carbocycles. The highest BCUT2D eigenvalue weighted by molar-refractivity contribution is 5.28. The van der Waals surface area contributed by atoms with Gasteiger partial charge in [0.2, 0.25) is 0 Å². The monoisotopic (exact) mass is 262 g/mol. The molecular formula is C17H30N2. The normalized spacial score (nSPS) is 11.8. The standard InChI is InChI=1S/C17H30N2/c1-5-7-15-8-10-16(11-9-15)17(3,4)14-19-13-12-18-6-2/h8-11,18-19H,5-7,12-14H2,1-4H3. The molecule has 108 valence electrons. The number of rotatable bonds is 9. The van der Waals surface area contributed by atoms with E-state index in [1.165, 1.54) is 24.0 Å². The van der Waals surface area contributed by atoms with Gasteiger partial charge in [0.25, 0.3) is 0 Å². The maximum absolute atomic E-state index is 3.54. The Bertz CT molecular complexity index is 341. The minimum atomic E-state index is 0.191. The zero-order valence-corrected chi connectivity index (χ0v) is 13.1. The summed E-state index contributed by atoms with van der Waals surface area (Å²) in [6, 6.07) is 9.13. The molecule has 0 fully saturated rings. The molecule has 0 saturated carbocycles. The number of hydrogen-bond acceptors (Lipinski definition) is 2. The third kappa shape index (κ3) is 5.75. The fourth-order valence-corrected chi connectivity index (χ4v) is 2.27. The topological polar surface area (TPSA) is 24.1 Å². The fourth-order valence-electron chi connectivity index (χ4n) is 2.27. The Morgan fingerprint density at radius 1 is 0.947 bits per heavy atom. The molecule has 2 nitrogen and oxygen atoms in total. The Morgan fingerprint density at radius 2 is 1.58 bits per heavy atom. The van der Waals surface area contributed by atoms with E-state index < -0.39 is 0 Å². The van der Waals surface area contributed by atoms with Crippen molar-refractivity contribution in [2.75, 3.05) is 26.2 Å². The van der Waals surface area contributed by atoms with Crippen LogP contribution in [0.1, 0.15) is 45.2 Å². The van der Waals surface area contributed by atoms with Crippen LogP contribution in [0.2, 0.25) is 0 Å². The van der Waals surface area contributed by atoms with Gasteiger partial charge >= 0.3 is 0 Å². The predicted octanol–water partition coefficient (Wildman–Crippen LogP) is 3.12. The summed E-state index contributed by atoms with van der Waals surface area (Å²) in [4.78, 5) is 0. The summed E-state index contributed by atoms with van der Waals surface area (Å²) in [5.41, 5.74) is 3.06. The van der Waals surface area contributed by atoms with E-state index in [-0.39, 0.29) is 5.41 Å². The molecule has 0 aliphatic heterocycles. The van der Waals surface area contributed by atoms with Gasteiger partial charge in [-0.1, -0.05) is 58.4 Å². The van der Waals surface area contributed by atoms with Gasteiger partial charge < -0.3 is 10.6 Å². The van der Waals surface area contributed by atoms with E-state index in [9.17, 15) is 0 Å². The van der Waals surface area contributed by atoms with E-state index in [2.05, 4.69) is 62.6 Å². The summed E-state index contributed by atoms with van der Waals surface area (Å²) >= 11 is 0. The molecule has 0 aromatic heterocycles. The number of benzene rings is 1. The van der Waals surface area contributed by atoms with Gasteiger partial charge in [-0.15, -0.1) is 0 Å². The lowest BCUT2D eigenvalue weighted by Crippen LogP contribution is -2.36. The van der Waals surface area contributed by atoms with Gasteiger partial charge in [0.05, 0.1) is 0 Å². The summed E-state index contributed by atoms with van der Waals surface area (Å²) in [5.74, 6) is 0. The summed E-state index contributed by atoms with van der Waals surface area (Å²) in [5, 5.41) is 6.87. The number of hydrogen-bond donors (Lipinski definition) is 2. The molecule has 0 atom stereocenters. The first-order valence-electron chi connectivity index (χ1n) is 7.61. The molecule has 0 saturated heterocycles. The van der Waals surface area contributed by atoms with Crippen molar-refractivity contribution in [2.24, 2.45) is 0 Å². The van der Waals surface area contributed by atoms with Crippen molar-refractivity contribution in [1.29, 1.82) is 0 Å². The molecule has 0 heterocycles. The van der Waals surface area contributed by atoms with Crippen LogP contribution in [0.15, 0.2) is 24.3 Å². The lowest BCUT2D eigenvalue weighted by atomic mass is 9.84. The smallest absolute Gasteiger partial charge is 0.00770 e. The second-order valence-electron chi connectivity index (χ2n) is 5.86. The average molecular weight is 262 g/mol. The lowest BCUT2D eigenvalue weighted by Gasteiger charge is -2.26. The van der Waals surface area contributed by atoms with Gasteiger partial charge in [0, 0.05) is 25.0 Å². The Balaban J connectivity index is 2.46. The van der Waals surface area contributed by atoms with E-state index in [1.54, 1.807) is 0 Å². The summed E-state index contributed by atoms with van der Waals surface area (Å²) in [6.07, 6.45) is 2.40. The van der Waals surface area contributed by atoms with Crippen LogP contribution in [-0.2, 0) is 11.8 Å². The third-order valence-corrected chi connectivity index (χ3v) is 3.57. The molecule has 2 heteroatoms. The van der Waals surface area contributed by atoms with E-state index >= 15 is 0 Å². The van der Waals surface area contributed by atoms with Crippen molar-refractivity contribution in [1.82, 2.24) is 10.6 Å². The summed E-state index contributed by atoms with van der Waals surface area (Å²) in [7, 11) is 0. The average Bonchev–Trinajstić information content (AvgIpc) is 2.39. The highest BCUT2D eigenvalue weighted by atomic mass is 14.9. The van der Waals surface area contributed by atoms with Crippen molar-refractivity contribution in [2.45, 2.75) is 46.0 Å². The van der Waals surface area contributed by atoms with Crippen molar-refractivity contribution in [3.8, 4) is 0 Å². The largest absolute Gasteiger partial charge is 0.316 e. The molecule has 0 bridgehead atoms. The second-order valence-corrected chi connectivity index (χ2v) is 5.86. The van der Waals surface area contributed by atoms with Gasteiger partial charge in [-0.25, -0.2) is 0 Å². The van der Waals surface area contributed by atoms with E-state index in [0.717, 1.165) is 26.2 Å². The molecular weight excluding hydrogens is 232 g/mol. The molecule has 0 aliphatic carbocycles. The van der Waals surface area contributed by atoms with Gasteiger partial charge in [-0.05, 0) is 24.1 Å². The Hall–Kier alpha value is -0.860. The molecule has 0 spiro atoms. The van der Waals surface area contributed by atoms with Crippen molar-refractivity contribution in [3.63, 3.8) is 0 Å². The fraction of sp³-hybridized carbons (Fsp3) is 0.647. The number of nitrogens with one attached hydrogen (secondary N) is 2. The lowest BCUT2D eigenvalue weighted by molar-refractivity contribution is 0.466. The number of likely N-dealkylation sites (N-methyl/N-ethyl adjacent to an activating group) is 1. The van der Waals surface area contributed by atoms with Gasteiger partial charge in [0.15, 0.2) is 0 Å². The zero-order chi connectivity index (χ0) is 14.1. The molecule has 0 unspecified atom stereocenters. The van der Waals surface area contributed by atoms with Crippen LogP contribution in [0, 0.1) is 0 Å². The minimum Gasteiger partial charge on any atom is -0.316 e. The Morgan fingerprint density at radius 3 is 2.16 bits per heavy atom. The highest BCUT2D eigenvalue weighted by Crippen LogP contribution is 2.22.